The summed E-state index contributed by atoms with van der Waals surface area (Å²) in [6.45, 7) is -0.0461. The molecule has 0 unspecified atom stereocenters. The first kappa shape index (κ1) is 12.1. The maximum atomic E-state index is 8.81. The molecule has 0 amide bonds. The predicted molar refractivity (Wildman–Crippen MR) is 62.2 cm³/mol. The van der Waals surface area contributed by atoms with Gasteiger partial charge in [0.25, 0.3) is 0 Å². The second kappa shape index (κ2) is 5.77. The summed E-state index contributed by atoms with van der Waals surface area (Å²) in [7, 11) is 0. The Morgan fingerprint density at radius 3 is 2.31 bits per heavy atom. The van der Waals surface area contributed by atoms with Crippen LogP contribution in [0.2, 0.25) is 0 Å². The molecule has 0 saturated carbocycles. The predicted octanol–water partition coefficient (Wildman–Crippen LogP) is 1.74. The van der Waals surface area contributed by atoms with Gasteiger partial charge in [0.05, 0.1) is 6.61 Å². The molecule has 5 nitrogen and oxygen atoms in total. The Balaban J connectivity index is 0.00000128. The van der Waals surface area contributed by atoms with Gasteiger partial charge >= 0.3 is 0 Å². The molecule has 2 aromatic rings. The summed E-state index contributed by atoms with van der Waals surface area (Å²) in [5.74, 6) is 0.499. The molecular weight excluding hydrogens is 204 g/mol. The minimum Gasteiger partial charge on any atom is -0.392 e. The summed E-state index contributed by atoms with van der Waals surface area (Å²) in [5.41, 5.74) is 1.57. The van der Waals surface area contributed by atoms with Crippen LogP contribution in [0.3, 0.4) is 0 Å². The highest BCUT2D eigenvalue weighted by molar-refractivity contribution is 5.51. The average Bonchev–Trinajstić information content (AvgIpc) is 2.31. The molecule has 84 valence electrons. The van der Waals surface area contributed by atoms with Crippen LogP contribution in [0.5, 0.6) is 0 Å². The molecule has 0 saturated heterocycles. The van der Waals surface area contributed by atoms with Gasteiger partial charge in [-0.05, 0) is 12.1 Å². The van der Waals surface area contributed by atoms with Crippen molar-refractivity contribution < 1.29 is 5.11 Å². The second-order valence-corrected chi connectivity index (χ2v) is 2.93. The lowest BCUT2D eigenvalue weighted by molar-refractivity contribution is 0.281. The molecule has 0 spiro atoms. The molecule has 0 aromatic carbocycles. The van der Waals surface area contributed by atoms with E-state index < -0.39 is 0 Å². The lowest BCUT2D eigenvalue weighted by Crippen LogP contribution is -1.97. The minimum atomic E-state index is -0.0461. The minimum absolute atomic E-state index is 0. The van der Waals surface area contributed by atoms with Gasteiger partial charge in [-0.15, -0.1) is 0 Å². The van der Waals surface area contributed by atoms with Gasteiger partial charge in [0.15, 0.2) is 0 Å². The zero-order valence-electron chi connectivity index (χ0n) is 7.96. The lowest BCUT2D eigenvalue weighted by Gasteiger charge is -2.03. The molecule has 2 aromatic heterocycles. The van der Waals surface area contributed by atoms with Crippen LogP contribution >= 0.6 is 0 Å². The summed E-state index contributed by atoms with van der Waals surface area (Å²) in [6, 6.07) is 3.65. The van der Waals surface area contributed by atoms with Crippen LogP contribution in [-0.2, 0) is 6.61 Å². The fraction of sp³-hybridized carbons (Fsp3) is 0.182. The molecule has 0 aliphatic carbocycles. The van der Waals surface area contributed by atoms with E-state index in [9.17, 15) is 0 Å². The van der Waals surface area contributed by atoms with Crippen LogP contribution in [-0.4, -0.2) is 20.1 Å². The number of aromatic nitrogens is 3. The van der Waals surface area contributed by atoms with Gasteiger partial charge in [0.2, 0.25) is 5.95 Å². The van der Waals surface area contributed by atoms with Gasteiger partial charge < -0.3 is 10.4 Å². The zero-order valence-corrected chi connectivity index (χ0v) is 7.96. The van der Waals surface area contributed by atoms with Gasteiger partial charge in [0, 0.05) is 36.0 Å². The molecule has 0 aliphatic rings. The van der Waals surface area contributed by atoms with Gasteiger partial charge in [-0.3, -0.25) is 4.98 Å². The van der Waals surface area contributed by atoms with E-state index in [0.29, 0.717) is 11.5 Å². The number of rotatable bonds is 3. The highest BCUT2D eigenvalue weighted by atomic mass is 16.3. The quantitative estimate of drug-likeness (QED) is 0.821. The van der Waals surface area contributed by atoms with Crippen LogP contribution in [0.15, 0.2) is 36.9 Å². The lowest BCUT2D eigenvalue weighted by atomic mass is 10.4. The fourth-order valence-electron chi connectivity index (χ4n) is 1.07. The molecule has 2 N–H and O–H groups in total. The van der Waals surface area contributed by atoms with Gasteiger partial charge in [-0.2, -0.15) is 0 Å². The average molecular weight is 218 g/mol. The third-order valence-corrected chi connectivity index (χ3v) is 1.82. The van der Waals surface area contributed by atoms with Crippen molar-refractivity contribution >= 4 is 11.6 Å². The Labute approximate surface area is 94.2 Å². The first-order valence-electron chi connectivity index (χ1n) is 4.47. The third kappa shape index (κ3) is 2.99. The van der Waals surface area contributed by atoms with Crippen molar-refractivity contribution in [2.75, 3.05) is 5.32 Å². The monoisotopic (exact) mass is 218 g/mol. The molecular formula is C11H14N4O. The van der Waals surface area contributed by atoms with Gasteiger partial charge in [-0.1, -0.05) is 7.43 Å². The summed E-state index contributed by atoms with van der Waals surface area (Å²) in [5, 5.41) is 11.8. The highest BCUT2D eigenvalue weighted by Crippen LogP contribution is 2.10. The van der Waals surface area contributed by atoms with E-state index in [4.69, 9.17) is 5.11 Å². The van der Waals surface area contributed by atoms with E-state index in [1.807, 2.05) is 12.1 Å². The van der Waals surface area contributed by atoms with E-state index >= 15 is 0 Å². The molecule has 2 heterocycles. The number of nitrogens with one attached hydrogen (secondary N) is 1. The van der Waals surface area contributed by atoms with E-state index in [1.54, 1.807) is 24.8 Å². The Morgan fingerprint density at radius 1 is 1.12 bits per heavy atom. The molecule has 5 heteroatoms. The molecule has 0 aliphatic heterocycles. The van der Waals surface area contributed by atoms with Crippen molar-refractivity contribution in [1.82, 2.24) is 15.0 Å². The van der Waals surface area contributed by atoms with E-state index in [1.165, 1.54) is 0 Å². The Morgan fingerprint density at radius 2 is 1.75 bits per heavy atom. The number of aliphatic hydroxyl groups excluding tert-OH is 1. The Hall–Kier alpha value is -2.01. The van der Waals surface area contributed by atoms with Crippen molar-refractivity contribution in [2.45, 2.75) is 14.0 Å². The van der Waals surface area contributed by atoms with Crippen molar-refractivity contribution in [3.05, 3.63) is 42.5 Å². The van der Waals surface area contributed by atoms with Crippen LogP contribution in [0.25, 0.3) is 0 Å². The number of pyridine rings is 1. The zero-order chi connectivity index (χ0) is 10.5. The number of anilines is 2. The van der Waals surface area contributed by atoms with Crippen LogP contribution in [0, 0.1) is 0 Å². The largest absolute Gasteiger partial charge is 0.392 e. The molecule has 0 fully saturated rings. The topological polar surface area (TPSA) is 70.9 Å². The molecule has 0 atom stereocenters. The summed E-state index contributed by atoms with van der Waals surface area (Å²) in [6.07, 6.45) is 6.53. The third-order valence-electron chi connectivity index (χ3n) is 1.82. The fourth-order valence-corrected chi connectivity index (χ4v) is 1.07. The first-order chi connectivity index (χ1) is 7.38. The smallest absolute Gasteiger partial charge is 0.227 e. The van der Waals surface area contributed by atoms with Crippen molar-refractivity contribution in [3.8, 4) is 0 Å². The van der Waals surface area contributed by atoms with Gasteiger partial charge in [-0.25, -0.2) is 9.97 Å². The van der Waals surface area contributed by atoms with E-state index in [-0.39, 0.29) is 14.0 Å². The van der Waals surface area contributed by atoms with Crippen molar-refractivity contribution in [3.63, 3.8) is 0 Å². The second-order valence-electron chi connectivity index (χ2n) is 2.93. The van der Waals surface area contributed by atoms with Gasteiger partial charge in [0.1, 0.15) is 0 Å². The normalized spacial score (nSPS) is 9.31. The molecule has 16 heavy (non-hydrogen) atoms. The number of nitrogens with zero attached hydrogens (tertiary/aromatic N) is 3. The van der Waals surface area contributed by atoms with Crippen molar-refractivity contribution in [1.29, 1.82) is 0 Å². The highest BCUT2D eigenvalue weighted by Gasteiger charge is 1.97. The molecule has 0 radical (unpaired) electrons. The van der Waals surface area contributed by atoms with E-state index in [2.05, 4.69) is 20.3 Å². The molecule has 2 rings (SSSR count). The molecule has 0 bridgehead atoms. The summed E-state index contributed by atoms with van der Waals surface area (Å²) >= 11 is 0. The Kier molecular flexibility index (Phi) is 4.35. The Bertz CT molecular complexity index is 416. The maximum Gasteiger partial charge on any atom is 0.227 e. The number of aliphatic hydroxyl groups is 1. The number of hydrogen-bond acceptors (Lipinski definition) is 5. The van der Waals surface area contributed by atoms with Crippen molar-refractivity contribution in [2.24, 2.45) is 0 Å². The van der Waals surface area contributed by atoms with Crippen LogP contribution in [0.4, 0.5) is 11.6 Å². The SMILES string of the molecule is C.OCc1cnc(Nc2ccncc2)nc1. The maximum absolute atomic E-state index is 8.81. The van der Waals surface area contributed by atoms with Crippen LogP contribution < -0.4 is 5.32 Å². The first-order valence-corrected chi connectivity index (χ1v) is 4.47. The van der Waals surface area contributed by atoms with Crippen LogP contribution in [0.1, 0.15) is 13.0 Å². The number of hydrogen-bond donors (Lipinski definition) is 2. The summed E-state index contributed by atoms with van der Waals surface area (Å²) < 4.78 is 0. The summed E-state index contributed by atoms with van der Waals surface area (Å²) in [4.78, 5) is 12.0. The van der Waals surface area contributed by atoms with E-state index in [0.717, 1.165) is 5.69 Å². The standard InChI is InChI=1S/C10H10N4O.CH4/c15-7-8-5-12-10(13-6-8)14-9-1-3-11-4-2-9;/h1-6,15H,7H2,(H,11,12,13,14);1H4.